The van der Waals surface area contributed by atoms with Crippen molar-refractivity contribution in [2.75, 3.05) is 0 Å². The zero-order valence-corrected chi connectivity index (χ0v) is 7.35. The Labute approximate surface area is 70.8 Å². The van der Waals surface area contributed by atoms with Crippen LogP contribution in [0.25, 0.3) is 0 Å². The van der Waals surface area contributed by atoms with Crippen LogP contribution in [-0.2, 0) is 0 Å². The molecule has 53 valence electrons. The van der Waals surface area contributed by atoms with Crippen LogP contribution in [0, 0.1) is 19.9 Å². The van der Waals surface area contributed by atoms with Gasteiger partial charge in [-0.15, -0.1) is 0 Å². The highest BCUT2D eigenvalue weighted by molar-refractivity contribution is 6.42. The van der Waals surface area contributed by atoms with E-state index in [1.807, 2.05) is 13.8 Å². The van der Waals surface area contributed by atoms with Crippen LogP contribution >= 0.6 is 23.2 Å². The first-order valence-electron chi connectivity index (χ1n) is 2.96. The molecule has 0 unspecified atom stereocenters. The largest absolute Gasteiger partial charge is 0.0827 e. The summed E-state index contributed by atoms with van der Waals surface area (Å²) >= 11 is 11.6. The second-order valence-electron chi connectivity index (χ2n) is 2.20. The van der Waals surface area contributed by atoms with Crippen molar-refractivity contribution < 1.29 is 0 Å². The van der Waals surface area contributed by atoms with Crippen molar-refractivity contribution in [3.05, 3.63) is 33.3 Å². The zero-order chi connectivity index (χ0) is 7.72. The van der Waals surface area contributed by atoms with E-state index in [2.05, 4.69) is 6.07 Å². The summed E-state index contributed by atoms with van der Waals surface area (Å²) in [6.07, 6.45) is 0. The minimum Gasteiger partial charge on any atom is -0.0827 e. The predicted octanol–water partition coefficient (Wildman–Crippen LogP) is 3.41. The zero-order valence-electron chi connectivity index (χ0n) is 5.83. The molecule has 0 saturated carbocycles. The monoisotopic (exact) mass is 173 g/mol. The van der Waals surface area contributed by atoms with E-state index in [0.717, 1.165) is 11.1 Å². The number of aryl methyl sites for hydroxylation is 1. The lowest BCUT2D eigenvalue weighted by molar-refractivity contribution is 1.33. The molecule has 1 aromatic carbocycles. The van der Waals surface area contributed by atoms with Crippen molar-refractivity contribution >= 4 is 23.2 Å². The minimum atomic E-state index is 0.574. The summed E-state index contributed by atoms with van der Waals surface area (Å²) in [6, 6.07) is 4.68. The molecule has 2 heteroatoms. The average Bonchev–Trinajstić information content (AvgIpc) is 1.93. The highest BCUT2D eigenvalue weighted by atomic mass is 35.5. The molecule has 0 fully saturated rings. The molecule has 0 nitrogen and oxygen atoms in total. The summed E-state index contributed by atoms with van der Waals surface area (Å²) in [5.74, 6) is 0. The first-order chi connectivity index (χ1) is 4.63. The number of benzene rings is 1. The van der Waals surface area contributed by atoms with Crippen molar-refractivity contribution in [2.24, 2.45) is 0 Å². The molecule has 0 amide bonds. The van der Waals surface area contributed by atoms with E-state index in [1.54, 1.807) is 6.07 Å². The summed E-state index contributed by atoms with van der Waals surface area (Å²) in [4.78, 5) is 0. The Hall–Kier alpha value is -0.200. The van der Waals surface area contributed by atoms with Gasteiger partial charge in [0.15, 0.2) is 0 Å². The lowest BCUT2D eigenvalue weighted by Crippen LogP contribution is -1.82. The molecular weight excluding hydrogens is 167 g/mol. The first-order valence-corrected chi connectivity index (χ1v) is 3.71. The minimum absolute atomic E-state index is 0.574. The maximum atomic E-state index is 5.83. The first kappa shape index (κ1) is 7.90. The van der Waals surface area contributed by atoms with E-state index in [1.165, 1.54) is 0 Å². The second kappa shape index (κ2) is 2.81. The Morgan fingerprint density at radius 3 is 2.40 bits per heavy atom. The standard InChI is InChI=1S/C8H7Cl2/c1-5-3-4-7(9)8(10)6(5)2/h4H,1-2H3. The van der Waals surface area contributed by atoms with E-state index in [4.69, 9.17) is 23.2 Å². The number of halogens is 2. The Morgan fingerprint density at radius 2 is 1.90 bits per heavy atom. The summed E-state index contributed by atoms with van der Waals surface area (Å²) in [5, 5.41) is 1.21. The van der Waals surface area contributed by atoms with E-state index in [-0.39, 0.29) is 0 Å². The highest BCUT2D eigenvalue weighted by Crippen LogP contribution is 2.26. The maximum absolute atomic E-state index is 5.83. The van der Waals surface area contributed by atoms with Gasteiger partial charge in [0.1, 0.15) is 0 Å². The van der Waals surface area contributed by atoms with Crippen molar-refractivity contribution in [3.63, 3.8) is 0 Å². The van der Waals surface area contributed by atoms with Gasteiger partial charge in [-0.25, -0.2) is 0 Å². The van der Waals surface area contributed by atoms with Crippen LogP contribution in [0.5, 0.6) is 0 Å². The van der Waals surface area contributed by atoms with Gasteiger partial charge in [0.05, 0.1) is 10.0 Å². The molecule has 1 radical (unpaired) electrons. The van der Waals surface area contributed by atoms with Gasteiger partial charge in [0.25, 0.3) is 0 Å². The summed E-state index contributed by atoms with van der Waals surface area (Å²) < 4.78 is 0. The van der Waals surface area contributed by atoms with Gasteiger partial charge >= 0.3 is 0 Å². The second-order valence-corrected chi connectivity index (χ2v) is 2.99. The van der Waals surface area contributed by atoms with Gasteiger partial charge in [-0.3, -0.25) is 0 Å². The van der Waals surface area contributed by atoms with Gasteiger partial charge in [0.2, 0.25) is 0 Å². The molecule has 1 rings (SSSR count). The van der Waals surface area contributed by atoms with Crippen LogP contribution in [0.2, 0.25) is 10.0 Å². The van der Waals surface area contributed by atoms with Gasteiger partial charge in [-0.05, 0) is 37.1 Å². The van der Waals surface area contributed by atoms with Crippen LogP contribution in [0.3, 0.4) is 0 Å². The molecule has 0 aliphatic rings. The van der Waals surface area contributed by atoms with E-state index in [0.29, 0.717) is 10.0 Å². The molecule has 0 N–H and O–H groups in total. The fourth-order valence-corrected chi connectivity index (χ4v) is 1.08. The third-order valence-corrected chi connectivity index (χ3v) is 2.40. The predicted molar refractivity (Wildman–Crippen MR) is 44.8 cm³/mol. The van der Waals surface area contributed by atoms with Gasteiger partial charge < -0.3 is 0 Å². The van der Waals surface area contributed by atoms with Crippen molar-refractivity contribution in [2.45, 2.75) is 13.8 Å². The Morgan fingerprint density at radius 1 is 1.30 bits per heavy atom. The lowest BCUT2D eigenvalue weighted by Gasteiger charge is -2.01. The van der Waals surface area contributed by atoms with Crippen LogP contribution < -0.4 is 0 Å². The molecular formula is C8H7Cl2. The van der Waals surface area contributed by atoms with Gasteiger partial charge in [-0.1, -0.05) is 23.2 Å². The third kappa shape index (κ3) is 1.28. The maximum Gasteiger partial charge on any atom is 0.0624 e. The fourth-order valence-electron chi connectivity index (χ4n) is 0.687. The lowest BCUT2D eigenvalue weighted by atomic mass is 10.1. The Kier molecular flexibility index (Phi) is 2.22. The van der Waals surface area contributed by atoms with E-state index in [9.17, 15) is 0 Å². The Balaban J connectivity index is 3.34. The van der Waals surface area contributed by atoms with Crippen LogP contribution in [-0.4, -0.2) is 0 Å². The highest BCUT2D eigenvalue weighted by Gasteiger charge is 2.02. The molecule has 0 heterocycles. The van der Waals surface area contributed by atoms with Crippen LogP contribution in [0.4, 0.5) is 0 Å². The fraction of sp³-hybridized carbons (Fsp3) is 0.250. The normalized spacial score (nSPS) is 10.0. The third-order valence-electron chi connectivity index (χ3n) is 1.52. The number of hydrogen-bond acceptors (Lipinski definition) is 0. The van der Waals surface area contributed by atoms with Gasteiger partial charge in [-0.2, -0.15) is 0 Å². The summed E-state index contributed by atoms with van der Waals surface area (Å²) in [6.45, 7) is 3.89. The molecule has 0 aromatic heterocycles. The molecule has 0 aliphatic carbocycles. The smallest absolute Gasteiger partial charge is 0.0624 e. The van der Waals surface area contributed by atoms with Crippen molar-refractivity contribution in [3.8, 4) is 0 Å². The van der Waals surface area contributed by atoms with Crippen molar-refractivity contribution in [1.29, 1.82) is 0 Å². The number of rotatable bonds is 0. The molecule has 0 bridgehead atoms. The number of hydrogen-bond donors (Lipinski definition) is 0. The Bertz CT molecular complexity index is 227. The van der Waals surface area contributed by atoms with Crippen LogP contribution in [0.15, 0.2) is 6.07 Å². The molecule has 0 saturated heterocycles. The average molecular weight is 174 g/mol. The molecule has 0 aliphatic heterocycles. The van der Waals surface area contributed by atoms with Crippen molar-refractivity contribution in [1.82, 2.24) is 0 Å². The summed E-state index contributed by atoms with van der Waals surface area (Å²) in [7, 11) is 0. The SMILES string of the molecule is Cc1[c]cc(Cl)c(Cl)c1C. The molecule has 0 atom stereocenters. The molecule has 0 spiro atoms. The quantitative estimate of drug-likeness (QED) is 0.565. The van der Waals surface area contributed by atoms with E-state index >= 15 is 0 Å². The molecule has 10 heavy (non-hydrogen) atoms. The van der Waals surface area contributed by atoms with E-state index < -0.39 is 0 Å². The summed E-state index contributed by atoms with van der Waals surface area (Å²) in [5.41, 5.74) is 2.06. The van der Waals surface area contributed by atoms with Crippen LogP contribution in [0.1, 0.15) is 11.1 Å². The van der Waals surface area contributed by atoms with Gasteiger partial charge in [0, 0.05) is 0 Å². The topological polar surface area (TPSA) is 0 Å². The molecule has 1 aromatic rings.